The number of carboxylic acid groups (broad SMARTS) is 1. The average Bonchev–Trinajstić information content (AvgIpc) is 3.33. The summed E-state index contributed by atoms with van der Waals surface area (Å²) < 4.78 is 0. The van der Waals surface area contributed by atoms with Crippen molar-refractivity contribution in [1.82, 2.24) is 15.1 Å². The fourth-order valence-electron chi connectivity index (χ4n) is 4.01. The van der Waals surface area contributed by atoms with Gasteiger partial charge in [-0.15, -0.1) is 0 Å². The van der Waals surface area contributed by atoms with Crippen LogP contribution in [0.15, 0.2) is 0 Å². The topological polar surface area (TPSA) is 133 Å². The van der Waals surface area contributed by atoms with Gasteiger partial charge >= 0.3 is 5.97 Å². The molecular weight excluding hydrogens is 376 g/mol. The van der Waals surface area contributed by atoms with Gasteiger partial charge in [0.2, 0.25) is 17.7 Å². The first kappa shape index (κ1) is 23.1. The smallest absolute Gasteiger partial charge is 0.326 e. The molecule has 2 saturated heterocycles. The van der Waals surface area contributed by atoms with E-state index < -0.39 is 30.1 Å². The Morgan fingerprint density at radius 2 is 1.48 bits per heavy atom. The number of amides is 3. The van der Waals surface area contributed by atoms with E-state index in [2.05, 4.69) is 5.32 Å². The molecule has 0 spiro atoms. The number of hydrogen-bond acceptors (Lipinski definition) is 5. The molecule has 29 heavy (non-hydrogen) atoms. The normalized spacial score (nSPS) is 24.1. The Morgan fingerprint density at radius 3 is 2.00 bits per heavy atom. The van der Waals surface area contributed by atoms with E-state index in [-0.39, 0.29) is 29.6 Å². The molecule has 2 aliphatic heterocycles. The second-order valence-corrected chi connectivity index (χ2v) is 8.72. The Hall–Kier alpha value is -2.16. The van der Waals surface area contributed by atoms with Gasteiger partial charge < -0.3 is 26.0 Å². The van der Waals surface area contributed by atoms with Crippen LogP contribution < -0.4 is 11.1 Å². The summed E-state index contributed by atoms with van der Waals surface area (Å²) in [6, 6.07) is -3.01. The zero-order valence-electron chi connectivity index (χ0n) is 17.8. The molecule has 0 aromatic carbocycles. The van der Waals surface area contributed by atoms with E-state index in [0.717, 1.165) is 0 Å². The molecule has 2 fully saturated rings. The summed E-state index contributed by atoms with van der Waals surface area (Å²) >= 11 is 0. The van der Waals surface area contributed by atoms with Crippen molar-refractivity contribution in [3.05, 3.63) is 0 Å². The molecule has 0 unspecified atom stereocenters. The van der Waals surface area contributed by atoms with Gasteiger partial charge in [-0.25, -0.2) is 4.79 Å². The van der Waals surface area contributed by atoms with Crippen molar-refractivity contribution in [2.45, 2.75) is 77.5 Å². The van der Waals surface area contributed by atoms with Gasteiger partial charge in [-0.2, -0.15) is 0 Å². The van der Waals surface area contributed by atoms with Crippen LogP contribution in [-0.2, 0) is 19.2 Å². The maximum Gasteiger partial charge on any atom is 0.326 e. The highest BCUT2D eigenvalue weighted by atomic mass is 16.4. The Kier molecular flexibility index (Phi) is 7.62. The zero-order valence-corrected chi connectivity index (χ0v) is 17.8. The molecule has 2 heterocycles. The van der Waals surface area contributed by atoms with Gasteiger partial charge in [0.15, 0.2) is 0 Å². The number of nitrogens with two attached hydrogens (primary N) is 1. The van der Waals surface area contributed by atoms with Crippen LogP contribution in [0, 0.1) is 11.8 Å². The van der Waals surface area contributed by atoms with Crippen molar-refractivity contribution in [1.29, 1.82) is 0 Å². The number of hydrogen-bond donors (Lipinski definition) is 3. The van der Waals surface area contributed by atoms with E-state index in [1.807, 2.05) is 27.7 Å². The van der Waals surface area contributed by atoms with Gasteiger partial charge in [0.05, 0.1) is 6.04 Å². The summed E-state index contributed by atoms with van der Waals surface area (Å²) in [4.78, 5) is 53.0. The molecule has 164 valence electrons. The lowest BCUT2D eigenvalue weighted by Gasteiger charge is -2.33. The third-order valence-electron chi connectivity index (χ3n) is 5.89. The summed E-state index contributed by atoms with van der Waals surface area (Å²) in [6.07, 6.45) is 2.23. The number of aliphatic carboxylic acids is 1. The summed E-state index contributed by atoms with van der Waals surface area (Å²) in [6.45, 7) is 8.13. The van der Waals surface area contributed by atoms with Crippen molar-refractivity contribution in [2.75, 3.05) is 13.1 Å². The van der Waals surface area contributed by atoms with Gasteiger partial charge in [-0.1, -0.05) is 27.7 Å². The Morgan fingerprint density at radius 1 is 0.931 bits per heavy atom. The summed E-state index contributed by atoms with van der Waals surface area (Å²) in [5.74, 6) is -2.27. The first-order valence-corrected chi connectivity index (χ1v) is 10.5. The highest BCUT2D eigenvalue weighted by molar-refractivity contribution is 5.94. The largest absolute Gasteiger partial charge is 0.480 e. The number of nitrogens with zero attached hydrogens (tertiary/aromatic N) is 2. The van der Waals surface area contributed by atoms with Crippen molar-refractivity contribution in [3.63, 3.8) is 0 Å². The van der Waals surface area contributed by atoms with Crippen molar-refractivity contribution in [3.8, 4) is 0 Å². The summed E-state index contributed by atoms with van der Waals surface area (Å²) in [7, 11) is 0. The quantitative estimate of drug-likeness (QED) is 0.548. The summed E-state index contributed by atoms with van der Waals surface area (Å²) in [5, 5.41) is 12.1. The lowest BCUT2D eigenvalue weighted by Crippen LogP contribution is -2.58. The predicted octanol–water partition coefficient (Wildman–Crippen LogP) is 0.177. The van der Waals surface area contributed by atoms with Crippen LogP contribution in [0.5, 0.6) is 0 Å². The number of rotatable bonds is 7. The van der Waals surface area contributed by atoms with Crippen LogP contribution in [0.25, 0.3) is 0 Å². The summed E-state index contributed by atoms with van der Waals surface area (Å²) in [5.41, 5.74) is 5.91. The predicted molar refractivity (Wildman–Crippen MR) is 107 cm³/mol. The Balaban J connectivity index is 2.15. The van der Waals surface area contributed by atoms with Crippen LogP contribution in [-0.4, -0.2) is 75.9 Å². The molecule has 3 amide bonds. The van der Waals surface area contributed by atoms with Crippen molar-refractivity contribution in [2.24, 2.45) is 17.6 Å². The van der Waals surface area contributed by atoms with Gasteiger partial charge in [0.1, 0.15) is 18.1 Å². The van der Waals surface area contributed by atoms with Crippen LogP contribution in [0.4, 0.5) is 0 Å². The maximum absolute atomic E-state index is 13.2. The van der Waals surface area contributed by atoms with Gasteiger partial charge in [-0.05, 0) is 37.5 Å². The van der Waals surface area contributed by atoms with Crippen molar-refractivity contribution < 1.29 is 24.3 Å². The van der Waals surface area contributed by atoms with Crippen LogP contribution in [0.1, 0.15) is 53.4 Å². The Labute approximate surface area is 172 Å². The van der Waals surface area contributed by atoms with E-state index in [0.29, 0.717) is 38.8 Å². The van der Waals surface area contributed by atoms with E-state index in [1.165, 1.54) is 9.80 Å². The first-order valence-electron chi connectivity index (χ1n) is 10.5. The van der Waals surface area contributed by atoms with Gasteiger partial charge in [0.25, 0.3) is 0 Å². The standard InChI is InChI=1S/C20H34N4O5/c1-11(2)15(21)17(25)22-16(12(3)4)19(27)23-9-5-7-13(23)18(26)24-10-6-8-14(24)20(28)29/h11-16H,5-10,21H2,1-4H3,(H,22,25)(H,28,29)/t13-,14-,15-,16-/m0/s1. The third kappa shape index (κ3) is 5.07. The minimum atomic E-state index is -1.01. The molecule has 2 rings (SSSR count). The third-order valence-corrected chi connectivity index (χ3v) is 5.89. The molecule has 9 heteroatoms. The van der Waals surface area contributed by atoms with Crippen LogP contribution in [0.2, 0.25) is 0 Å². The molecule has 0 radical (unpaired) electrons. The molecule has 2 aliphatic rings. The number of carbonyl (C=O) groups excluding carboxylic acids is 3. The molecule has 0 aromatic heterocycles. The van der Waals surface area contributed by atoms with Crippen LogP contribution in [0.3, 0.4) is 0 Å². The van der Waals surface area contributed by atoms with Gasteiger partial charge in [0, 0.05) is 13.1 Å². The molecule has 0 bridgehead atoms. The van der Waals surface area contributed by atoms with E-state index in [9.17, 15) is 24.3 Å². The highest BCUT2D eigenvalue weighted by Crippen LogP contribution is 2.26. The van der Waals surface area contributed by atoms with Crippen molar-refractivity contribution >= 4 is 23.7 Å². The zero-order chi connectivity index (χ0) is 21.9. The maximum atomic E-state index is 13.2. The molecule has 9 nitrogen and oxygen atoms in total. The lowest BCUT2D eigenvalue weighted by molar-refractivity contribution is -0.152. The second kappa shape index (κ2) is 9.56. The molecule has 4 atom stereocenters. The average molecular weight is 411 g/mol. The highest BCUT2D eigenvalue weighted by Gasteiger charge is 2.44. The van der Waals surface area contributed by atoms with E-state index in [4.69, 9.17) is 5.73 Å². The second-order valence-electron chi connectivity index (χ2n) is 8.72. The lowest BCUT2D eigenvalue weighted by atomic mass is 9.99. The number of nitrogens with one attached hydrogen (secondary N) is 1. The Bertz CT molecular complexity index is 651. The SMILES string of the molecule is CC(C)[C@H](N)C(=O)N[C@H](C(=O)N1CCC[C@H]1C(=O)N1CCC[C@H]1C(=O)O)C(C)C. The molecular formula is C20H34N4O5. The number of likely N-dealkylation sites (tertiary alicyclic amines) is 2. The van der Waals surface area contributed by atoms with Crippen LogP contribution >= 0.6 is 0 Å². The molecule has 4 N–H and O–H groups in total. The fourth-order valence-corrected chi connectivity index (χ4v) is 4.01. The minimum Gasteiger partial charge on any atom is -0.480 e. The van der Waals surface area contributed by atoms with Gasteiger partial charge in [-0.3, -0.25) is 14.4 Å². The first-order chi connectivity index (χ1) is 13.6. The monoisotopic (exact) mass is 410 g/mol. The number of carboxylic acids is 1. The molecule has 0 saturated carbocycles. The van der Waals surface area contributed by atoms with E-state index >= 15 is 0 Å². The fraction of sp³-hybridized carbons (Fsp3) is 0.800. The molecule has 0 aliphatic carbocycles. The minimum absolute atomic E-state index is 0.0675. The van der Waals surface area contributed by atoms with E-state index in [1.54, 1.807) is 0 Å². The molecule has 0 aromatic rings. The number of carbonyl (C=O) groups is 4.